The zero-order valence-electron chi connectivity index (χ0n) is 6.59. The van der Waals surface area contributed by atoms with Crippen LogP contribution in [0.25, 0.3) is 0 Å². The Hall–Kier alpha value is -0.790. The number of carbonyl (C=O) groups is 1. The van der Waals surface area contributed by atoms with Crippen molar-refractivity contribution in [2.45, 2.75) is 26.7 Å². The Morgan fingerprint density at radius 3 is 2.80 bits per heavy atom. The highest BCUT2D eigenvalue weighted by Crippen LogP contribution is 1.91. The number of allylic oxidation sites excluding steroid dienone is 2. The smallest absolute Gasteiger partial charge is 0.302 e. The van der Waals surface area contributed by atoms with Gasteiger partial charge < -0.3 is 4.74 Å². The van der Waals surface area contributed by atoms with Crippen LogP contribution in [0.2, 0.25) is 0 Å². The van der Waals surface area contributed by atoms with Gasteiger partial charge in [0.1, 0.15) is 0 Å². The third kappa shape index (κ3) is 7.21. The third-order valence-electron chi connectivity index (χ3n) is 1.06. The maximum atomic E-state index is 10.2. The Labute approximate surface area is 61.9 Å². The summed E-state index contributed by atoms with van der Waals surface area (Å²) in [5.41, 5.74) is 0. The quantitative estimate of drug-likeness (QED) is 0.340. The van der Waals surface area contributed by atoms with Gasteiger partial charge in [0.2, 0.25) is 0 Å². The number of esters is 1. The Morgan fingerprint density at radius 1 is 1.60 bits per heavy atom. The fraction of sp³-hybridized carbons (Fsp3) is 0.625. The van der Waals surface area contributed by atoms with Crippen molar-refractivity contribution in [1.82, 2.24) is 0 Å². The number of carbonyl (C=O) groups excluding carboxylic acids is 1. The van der Waals surface area contributed by atoms with E-state index in [9.17, 15) is 4.79 Å². The summed E-state index contributed by atoms with van der Waals surface area (Å²) in [6.45, 7) is 3.95. The zero-order valence-corrected chi connectivity index (χ0v) is 6.59. The Morgan fingerprint density at radius 2 is 2.30 bits per heavy atom. The molecule has 0 unspecified atom stereocenters. The molecule has 0 aliphatic carbocycles. The third-order valence-corrected chi connectivity index (χ3v) is 1.06. The Balaban J connectivity index is 2.98. The van der Waals surface area contributed by atoms with Crippen molar-refractivity contribution in [1.29, 1.82) is 0 Å². The molecule has 0 aromatic carbocycles. The van der Waals surface area contributed by atoms with E-state index in [0.717, 1.165) is 12.8 Å². The van der Waals surface area contributed by atoms with Gasteiger partial charge in [-0.05, 0) is 19.8 Å². The van der Waals surface area contributed by atoms with Crippen molar-refractivity contribution in [3.63, 3.8) is 0 Å². The van der Waals surface area contributed by atoms with E-state index in [1.165, 1.54) is 6.92 Å². The van der Waals surface area contributed by atoms with Gasteiger partial charge in [0, 0.05) is 6.92 Å². The molecule has 0 spiro atoms. The molecular formula is C8H14O2. The van der Waals surface area contributed by atoms with Gasteiger partial charge in [0.25, 0.3) is 0 Å². The molecule has 0 aromatic heterocycles. The van der Waals surface area contributed by atoms with E-state index in [1.54, 1.807) is 0 Å². The molecule has 0 aliphatic rings. The zero-order chi connectivity index (χ0) is 7.82. The van der Waals surface area contributed by atoms with Crippen molar-refractivity contribution in [2.24, 2.45) is 0 Å². The standard InChI is InChI=1S/C8H14O2/c1-3-4-5-6-7-10-8(2)9/h3-4H,5-7H2,1-2H3/b4-3-. The van der Waals surface area contributed by atoms with E-state index in [4.69, 9.17) is 4.74 Å². The second-order valence-corrected chi connectivity index (χ2v) is 2.05. The minimum Gasteiger partial charge on any atom is -0.466 e. The average molecular weight is 142 g/mol. The fourth-order valence-corrected chi connectivity index (χ4v) is 0.584. The van der Waals surface area contributed by atoms with E-state index in [1.807, 2.05) is 13.0 Å². The summed E-state index contributed by atoms with van der Waals surface area (Å²) in [7, 11) is 0. The summed E-state index contributed by atoms with van der Waals surface area (Å²) in [6.07, 6.45) is 5.96. The lowest BCUT2D eigenvalue weighted by atomic mass is 10.3. The molecule has 0 aromatic rings. The molecule has 0 saturated carbocycles. The average Bonchev–Trinajstić information content (AvgIpc) is 1.87. The van der Waals surface area contributed by atoms with E-state index < -0.39 is 0 Å². The summed E-state index contributed by atoms with van der Waals surface area (Å²) in [5.74, 6) is -0.194. The highest BCUT2D eigenvalue weighted by Gasteiger charge is 1.89. The SMILES string of the molecule is C/C=C\CCCOC(C)=O. The minimum atomic E-state index is -0.194. The molecule has 0 N–H and O–H groups in total. The van der Waals surface area contributed by atoms with E-state index in [2.05, 4.69) is 6.08 Å². The van der Waals surface area contributed by atoms with Crippen LogP contribution in [0, 0.1) is 0 Å². The molecule has 0 saturated heterocycles. The van der Waals surface area contributed by atoms with Crippen LogP contribution in [-0.4, -0.2) is 12.6 Å². The molecule has 58 valence electrons. The monoisotopic (exact) mass is 142 g/mol. The van der Waals surface area contributed by atoms with Crippen LogP contribution in [0.3, 0.4) is 0 Å². The van der Waals surface area contributed by atoms with Crippen molar-refractivity contribution in [3.05, 3.63) is 12.2 Å². The molecule has 0 rings (SSSR count). The van der Waals surface area contributed by atoms with E-state index in [-0.39, 0.29) is 5.97 Å². The number of hydrogen-bond donors (Lipinski definition) is 0. The molecule has 0 bridgehead atoms. The summed E-state index contributed by atoms with van der Waals surface area (Å²) in [6, 6.07) is 0. The molecule has 0 fully saturated rings. The van der Waals surface area contributed by atoms with Crippen molar-refractivity contribution in [2.75, 3.05) is 6.61 Å². The van der Waals surface area contributed by atoms with Gasteiger partial charge in [0.15, 0.2) is 0 Å². The van der Waals surface area contributed by atoms with Gasteiger partial charge in [0.05, 0.1) is 6.61 Å². The molecule has 10 heavy (non-hydrogen) atoms. The first-order valence-electron chi connectivity index (χ1n) is 3.52. The summed E-state index contributed by atoms with van der Waals surface area (Å²) < 4.78 is 4.72. The van der Waals surface area contributed by atoms with Gasteiger partial charge in [-0.1, -0.05) is 12.2 Å². The Bertz CT molecular complexity index is 116. The second kappa shape index (κ2) is 6.33. The number of hydrogen-bond acceptors (Lipinski definition) is 2. The fourth-order valence-electron chi connectivity index (χ4n) is 0.584. The molecule has 2 nitrogen and oxygen atoms in total. The summed E-state index contributed by atoms with van der Waals surface area (Å²) in [5, 5.41) is 0. The molecule has 0 atom stereocenters. The minimum absolute atomic E-state index is 0.194. The van der Waals surface area contributed by atoms with Crippen molar-refractivity contribution in [3.8, 4) is 0 Å². The van der Waals surface area contributed by atoms with Crippen LogP contribution < -0.4 is 0 Å². The van der Waals surface area contributed by atoms with Gasteiger partial charge in [-0.15, -0.1) is 0 Å². The molecule has 2 heteroatoms. The first-order chi connectivity index (χ1) is 4.77. The lowest BCUT2D eigenvalue weighted by molar-refractivity contribution is -0.141. The number of rotatable bonds is 4. The molecule has 0 heterocycles. The van der Waals surface area contributed by atoms with Crippen LogP contribution in [-0.2, 0) is 9.53 Å². The maximum absolute atomic E-state index is 10.2. The Kier molecular flexibility index (Phi) is 5.83. The first kappa shape index (κ1) is 9.21. The van der Waals surface area contributed by atoms with Crippen LogP contribution >= 0.6 is 0 Å². The van der Waals surface area contributed by atoms with Crippen LogP contribution in [0.5, 0.6) is 0 Å². The summed E-state index contributed by atoms with van der Waals surface area (Å²) in [4.78, 5) is 10.2. The predicted molar refractivity (Wildman–Crippen MR) is 40.7 cm³/mol. The topological polar surface area (TPSA) is 26.3 Å². The highest BCUT2D eigenvalue weighted by atomic mass is 16.5. The van der Waals surface area contributed by atoms with E-state index >= 15 is 0 Å². The first-order valence-corrected chi connectivity index (χ1v) is 3.52. The van der Waals surface area contributed by atoms with Gasteiger partial charge in [-0.25, -0.2) is 0 Å². The normalized spacial score (nSPS) is 10.2. The van der Waals surface area contributed by atoms with Gasteiger partial charge >= 0.3 is 5.97 Å². The highest BCUT2D eigenvalue weighted by molar-refractivity contribution is 5.65. The molecular weight excluding hydrogens is 128 g/mol. The second-order valence-electron chi connectivity index (χ2n) is 2.05. The molecule has 0 aliphatic heterocycles. The van der Waals surface area contributed by atoms with Crippen LogP contribution in [0.15, 0.2) is 12.2 Å². The largest absolute Gasteiger partial charge is 0.466 e. The van der Waals surface area contributed by atoms with E-state index in [0.29, 0.717) is 6.61 Å². The molecule has 0 radical (unpaired) electrons. The lowest BCUT2D eigenvalue weighted by Gasteiger charge is -1.97. The van der Waals surface area contributed by atoms with Crippen molar-refractivity contribution < 1.29 is 9.53 Å². The van der Waals surface area contributed by atoms with Crippen LogP contribution in [0.4, 0.5) is 0 Å². The predicted octanol–water partition coefficient (Wildman–Crippen LogP) is 1.91. The maximum Gasteiger partial charge on any atom is 0.302 e. The van der Waals surface area contributed by atoms with Crippen molar-refractivity contribution >= 4 is 5.97 Å². The van der Waals surface area contributed by atoms with Crippen LogP contribution in [0.1, 0.15) is 26.7 Å². The van der Waals surface area contributed by atoms with Gasteiger partial charge in [-0.3, -0.25) is 4.79 Å². The number of unbranched alkanes of at least 4 members (excludes halogenated alkanes) is 1. The number of ether oxygens (including phenoxy) is 1. The van der Waals surface area contributed by atoms with Gasteiger partial charge in [-0.2, -0.15) is 0 Å². The molecule has 0 amide bonds. The lowest BCUT2D eigenvalue weighted by Crippen LogP contribution is -1.99. The summed E-state index contributed by atoms with van der Waals surface area (Å²) >= 11 is 0.